The predicted octanol–water partition coefficient (Wildman–Crippen LogP) is 1.38. The predicted molar refractivity (Wildman–Crippen MR) is 42.5 cm³/mol. The van der Waals surface area contributed by atoms with Gasteiger partial charge in [-0.05, 0) is 18.8 Å². The highest BCUT2D eigenvalue weighted by Crippen LogP contribution is 2.51. The van der Waals surface area contributed by atoms with Crippen LogP contribution >= 0.6 is 0 Å². The van der Waals surface area contributed by atoms with Crippen LogP contribution < -0.4 is 5.73 Å². The van der Waals surface area contributed by atoms with Crippen molar-refractivity contribution < 1.29 is 23.1 Å². The van der Waals surface area contributed by atoms with E-state index in [0.29, 0.717) is 19.3 Å². The van der Waals surface area contributed by atoms with Crippen LogP contribution in [0, 0.1) is 11.3 Å². The van der Waals surface area contributed by atoms with Gasteiger partial charge in [-0.3, -0.25) is 4.79 Å². The Bertz CT molecular complexity index is 237. The second-order valence-electron chi connectivity index (χ2n) is 3.61. The van der Waals surface area contributed by atoms with E-state index in [2.05, 4.69) is 0 Å². The Morgan fingerprint density at radius 2 is 1.93 bits per heavy atom. The van der Waals surface area contributed by atoms with Gasteiger partial charge in [-0.1, -0.05) is 6.42 Å². The van der Waals surface area contributed by atoms with E-state index in [9.17, 15) is 18.0 Å². The normalized spacial score (nSPS) is 22.6. The number of alkyl halides is 3. The molecule has 0 saturated heterocycles. The maximum atomic E-state index is 12.6. The van der Waals surface area contributed by atoms with Crippen molar-refractivity contribution in [3.8, 4) is 0 Å². The summed E-state index contributed by atoms with van der Waals surface area (Å²) in [4.78, 5) is 10.7. The number of carbonyl (C=O) groups is 1. The Kier molecular flexibility index (Phi) is 2.76. The Balaban J connectivity index is 3.03. The summed E-state index contributed by atoms with van der Waals surface area (Å²) < 4.78 is 37.9. The molecule has 1 rings (SSSR count). The average molecular weight is 211 g/mol. The van der Waals surface area contributed by atoms with Crippen molar-refractivity contribution in [1.82, 2.24) is 0 Å². The molecule has 0 aromatic rings. The molecule has 0 amide bonds. The van der Waals surface area contributed by atoms with Crippen LogP contribution in [-0.4, -0.2) is 23.8 Å². The van der Waals surface area contributed by atoms with Crippen LogP contribution in [0.1, 0.15) is 19.3 Å². The minimum atomic E-state index is -4.77. The van der Waals surface area contributed by atoms with Crippen LogP contribution in [0.25, 0.3) is 0 Å². The van der Waals surface area contributed by atoms with E-state index in [1.54, 1.807) is 0 Å². The number of rotatable bonds is 3. The molecule has 1 aliphatic carbocycles. The minimum Gasteiger partial charge on any atom is -0.481 e. The first-order valence-electron chi connectivity index (χ1n) is 4.36. The fourth-order valence-corrected chi connectivity index (χ4v) is 1.80. The lowest BCUT2D eigenvalue weighted by Gasteiger charge is -2.42. The lowest BCUT2D eigenvalue weighted by Crippen LogP contribution is -2.57. The number of nitrogens with two attached hydrogens (primary N) is 1. The summed E-state index contributed by atoms with van der Waals surface area (Å²) in [6.45, 7) is -0.878. The van der Waals surface area contributed by atoms with E-state index in [4.69, 9.17) is 10.8 Å². The maximum absolute atomic E-state index is 12.6. The molecule has 0 bridgehead atoms. The van der Waals surface area contributed by atoms with Crippen molar-refractivity contribution in [2.24, 2.45) is 17.1 Å². The number of carboxylic acid groups (broad SMARTS) is 1. The molecule has 82 valence electrons. The third-order valence-electron chi connectivity index (χ3n) is 3.01. The van der Waals surface area contributed by atoms with Gasteiger partial charge in [0.15, 0.2) is 5.41 Å². The Hall–Kier alpha value is -0.780. The minimum absolute atomic E-state index is 0.295. The molecule has 1 saturated carbocycles. The van der Waals surface area contributed by atoms with Gasteiger partial charge in [0.2, 0.25) is 0 Å². The van der Waals surface area contributed by atoms with E-state index < -0.39 is 30.0 Å². The third kappa shape index (κ3) is 1.37. The van der Waals surface area contributed by atoms with Crippen molar-refractivity contribution in [2.45, 2.75) is 25.4 Å². The molecule has 0 radical (unpaired) electrons. The molecular weight excluding hydrogens is 199 g/mol. The Morgan fingerprint density at radius 1 is 1.43 bits per heavy atom. The molecule has 14 heavy (non-hydrogen) atoms. The highest BCUT2D eigenvalue weighted by Gasteiger charge is 2.64. The maximum Gasteiger partial charge on any atom is 0.406 e. The largest absolute Gasteiger partial charge is 0.481 e. The number of aliphatic carboxylic acids is 1. The Morgan fingerprint density at radius 3 is 2.00 bits per heavy atom. The zero-order chi connectivity index (χ0) is 11.0. The van der Waals surface area contributed by atoms with E-state index in [1.807, 2.05) is 0 Å². The molecule has 0 aromatic heterocycles. The smallest absolute Gasteiger partial charge is 0.406 e. The zero-order valence-electron chi connectivity index (χ0n) is 7.47. The molecule has 1 fully saturated rings. The van der Waals surface area contributed by atoms with Gasteiger partial charge < -0.3 is 10.8 Å². The second kappa shape index (κ2) is 3.42. The first-order valence-corrected chi connectivity index (χ1v) is 4.36. The number of hydrogen-bond acceptors (Lipinski definition) is 2. The first kappa shape index (κ1) is 11.3. The van der Waals surface area contributed by atoms with Gasteiger partial charge in [-0.25, -0.2) is 0 Å². The summed E-state index contributed by atoms with van der Waals surface area (Å²) >= 11 is 0. The fourth-order valence-electron chi connectivity index (χ4n) is 1.80. The summed E-state index contributed by atoms with van der Waals surface area (Å²) in [6, 6.07) is 0. The summed E-state index contributed by atoms with van der Waals surface area (Å²) in [7, 11) is 0. The molecule has 3 N–H and O–H groups in total. The number of carboxylic acids is 1. The molecule has 0 aliphatic heterocycles. The van der Waals surface area contributed by atoms with Crippen molar-refractivity contribution in [3.63, 3.8) is 0 Å². The summed E-state index contributed by atoms with van der Waals surface area (Å²) in [6.07, 6.45) is -3.53. The van der Waals surface area contributed by atoms with Crippen LogP contribution in [0.15, 0.2) is 0 Å². The van der Waals surface area contributed by atoms with E-state index in [-0.39, 0.29) is 0 Å². The molecule has 0 aromatic carbocycles. The molecule has 1 atom stereocenters. The van der Waals surface area contributed by atoms with E-state index in [1.165, 1.54) is 0 Å². The van der Waals surface area contributed by atoms with Gasteiger partial charge in [-0.15, -0.1) is 0 Å². The molecule has 3 nitrogen and oxygen atoms in total. The van der Waals surface area contributed by atoms with Gasteiger partial charge in [0, 0.05) is 6.54 Å². The van der Waals surface area contributed by atoms with Gasteiger partial charge in [-0.2, -0.15) is 13.2 Å². The lowest BCUT2D eigenvalue weighted by atomic mass is 9.64. The van der Waals surface area contributed by atoms with Crippen LogP contribution in [0.5, 0.6) is 0 Å². The highest BCUT2D eigenvalue weighted by molar-refractivity contribution is 5.76. The SMILES string of the molecule is NCC(C(=O)O)(C1CCC1)C(F)(F)F. The molecule has 1 aliphatic rings. The number of hydrogen-bond donors (Lipinski definition) is 2. The molecule has 0 heterocycles. The van der Waals surface area contributed by atoms with Crippen LogP contribution in [0.4, 0.5) is 13.2 Å². The van der Waals surface area contributed by atoms with Crippen molar-refractivity contribution in [1.29, 1.82) is 0 Å². The molecule has 0 spiro atoms. The number of halogens is 3. The standard InChI is InChI=1S/C8H12F3NO2/c9-8(10,11)7(4-12,6(13)14)5-2-1-3-5/h5H,1-4,12H2,(H,13,14). The topological polar surface area (TPSA) is 63.3 Å². The van der Waals surface area contributed by atoms with Crippen LogP contribution in [0.2, 0.25) is 0 Å². The fraction of sp³-hybridized carbons (Fsp3) is 0.875. The van der Waals surface area contributed by atoms with Gasteiger partial charge >= 0.3 is 12.1 Å². The monoisotopic (exact) mass is 211 g/mol. The summed E-state index contributed by atoms with van der Waals surface area (Å²) in [5, 5.41) is 8.69. The summed E-state index contributed by atoms with van der Waals surface area (Å²) in [5.41, 5.74) is 2.27. The quantitative estimate of drug-likeness (QED) is 0.741. The van der Waals surface area contributed by atoms with E-state index in [0.717, 1.165) is 0 Å². The summed E-state index contributed by atoms with van der Waals surface area (Å²) in [5.74, 6) is -2.71. The van der Waals surface area contributed by atoms with Crippen molar-refractivity contribution in [2.75, 3.05) is 6.54 Å². The van der Waals surface area contributed by atoms with Crippen molar-refractivity contribution in [3.05, 3.63) is 0 Å². The van der Waals surface area contributed by atoms with Crippen LogP contribution in [0.3, 0.4) is 0 Å². The average Bonchev–Trinajstić information content (AvgIpc) is 1.92. The first-order chi connectivity index (χ1) is 6.36. The highest BCUT2D eigenvalue weighted by atomic mass is 19.4. The molecule has 1 unspecified atom stereocenters. The van der Waals surface area contributed by atoms with Gasteiger partial charge in [0.1, 0.15) is 0 Å². The lowest BCUT2D eigenvalue weighted by molar-refractivity contribution is -0.250. The molecule has 6 heteroatoms. The van der Waals surface area contributed by atoms with Gasteiger partial charge in [0.25, 0.3) is 0 Å². The van der Waals surface area contributed by atoms with Gasteiger partial charge in [0.05, 0.1) is 0 Å². The second-order valence-corrected chi connectivity index (χ2v) is 3.61. The van der Waals surface area contributed by atoms with E-state index >= 15 is 0 Å². The molecular formula is C8H12F3NO2. The Labute approximate surface area is 79.1 Å². The third-order valence-corrected chi connectivity index (χ3v) is 3.01. The van der Waals surface area contributed by atoms with Crippen molar-refractivity contribution >= 4 is 5.97 Å². The zero-order valence-corrected chi connectivity index (χ0v) is 7.47. The van der Waals surface area contributed by atoms with Crippen LogP contribution in [-0.2, 0) is 4.79 Å².